The van der Waals surface area contributed by atoms with Crippen LogP contribution in [-0.4, -0.2) is 29.1 Å². The number of amides is 1. The molecule has 0 aliphatic carbocycles. The number of carbonyl (C=O) groups is 1. The quantitative estimate of drug-likeness (QED) is 0.711. The first kappa shape index (κ1) is 17.8. The van der Waals surface area contributed by atoms with Crippen molar-refractivity contribution in [1.82, 2.24) is 15.3 Å². The lowest BCUT2D eigenvalue weighted by Gasteiger charge is -2.18. The van der Waals surface area contributed by atoms with Crippen molar-refractivity contribution >= 4 is 17.5 Å². The van der Waals surface area contributed by atoms with Crippen LogP contribution < -0.4 is 20.1 Å². The maximum Gasteiger partial charge on any atom is 0.254 e. The summed E-state index contributed by atoms with van der Waals surface area (Å²) in [5.74, 6) is 1.58. The molecule has 0 spiro atoms. The van der Waals surface area contributed by atoms with Crippen LogP contribution in [0.4, 0.5) is 11.6 Å². The van der Waals surface area contributed by atoms with Gasteiger partial charge in [-0.3, -0.25) is 4.79 Å². The van der Waals surface area contributed by atoms with Crippen molar-refractivity contribution < 1.29 is 14.3 Å². The minimum absolute atomic E-state index is 0.215. The lowest BCUT2D eigenvalue weighted by atomic mass is 10.1. The summed E-state index contributed by atoms with van der Waals surface area (Å²) >= 11 is 0. The van der Waals surface area contributed by atoms with Gasteiger partial charge in [0.2, 0.25) is 5.95 Å². The van der Waals surface area contributed by atoms with Gasteiger partial charge in [0.25, 0.3) is 5.91 Å². The van der Waals surface area contributed by atoms with Gasteiger partial charge < -0.3 is 20.1 Å². The molecular weight excluding hydrogens is 356 g/mol. The highest BCUT2D eigenvalue weighted by atomic mass is 16.6. The van der Waals surface area contributed by atoms with E-state index in [0.717, 1.165) is 22.6 Å². The fraction of sp³-hybridized carbons (Fsp3) is 0.190. The van der Waals surface area contributed by atoms with Crippen LogP contribution in [0, 0.1) is 6.92 Å². The van der Waals surface area contributed by atoms with Crippen molar-refractivity contribution in [2.75, 3.05) is 18.5 Å². The molecule has 142 valence electrons. The molecule has 2 heterocycles. The topological polar surface area (TPSA) is 85.4 Å². The van der Waals surface area contributed by atoms with Crippen molar-refractivity contribution in [1.29, 1.82) is 0 Å². The molecule has 1 aliphatic heterocycles. The SMILES string of the molecule is Cc1cccc(CNC(=O)c2cnc(Nc3ccc4c(c3)OCCO4)nc2)c1. The summed E-state index contributed by atoms with van der Waals surface area (Å²) in [4.78, 5) is 20.7. The summed E-state index contributed by atoms with van der Waals surface area (Å²) in [6.07, 6.45) is 3.00. The molecule has 28 heavy (non-hydrogen) atoms. The third-order valence-corrected chi connectivity index (χ3v) is 4.25. The van der Waals surface area contributed by atoms with E-state index in [9.17, 15) is 4.79 Å². The van der Waals surface area contributed by atoms with Crippen LogP contribution in [0.5, 0.6) is 11.5 Å². The number of nitrogens with zero attached hydrogens (tertiary/aromatic N) is 2. The number of hydrogen-bond donors (Lipinski definition) is 2. The van der Waals surface area contributed by atoms with Gasteiger partial charge >= 0.3 is 0 Å². The Labute approximate surface area is 162 Å². The number of fused-ring (bicyclic) bond motifs is 1. The summed E-state index contributed by atoms with van der Waals surface area (Å²) in [6.45, 7) is 3.56. The zero-order chi connectivity index (χ0) is 19.3. The molecule has 1 aromatic heterocycles. The Bertz CT molecular complexity index is 989. The van der Waals surface area contributed by atoms with Gasteiger partial charge in [0.15, 0.2) is 11.5 Å². The highest BCUT2D eigenvalue weighted by Crippen LogP contribution is 2.33. The second-order valence-electron chi connectivity index (χ2n) is 6.45. The first-order valence-electron chi connectivity index (χ1n) is 9.00. The van der Waals surface area contributed by atoms with E-state index >= 15 is 0 Å². The molecular formula is C21H20N4O3. The molecule has 0 saturated heterocycles. The summed E-state index contributed by atoms with van der Waals surface area (Å²) in [7, 11) is 0. The number of aryl methyl sites for hydroxylation is 1. The Balaban J connectivity index is 1.37. The molecule has 4 rings (SSSR count). The minimum Gasteiger partial charge on any atom is -0.486 e. The first-order valence-corrected chi connectivity index (χ1v) is 9.00. The normalized spacial score (nSPS) is 12.3. The van der Waals surface area contributed by atoms with Gasteiger partial charge in [-0.2, -0.15) is 0 Å². The van der Waals surface area contributed by atoms with Crippen LogP contribution in [0.2, 0.25) is 0 Å². The molecule has 1 aliphatic rings. The van der Waals surface area contributed by atoms with E-state index in [0.29, 0.717) is 37.0 Å². The Morgan fingerprint density at radius 1 is 1.04 bits per heavy atom. The summed E-state index contributed by atoms with van der Waals surface area (Å²) in [5, 5.41) is 5.97. The number of rotatable bonds is 5. The molecule has 0 unspecified atom stereocenters. The maximum atomic E-state index is 12.3. The smallest absolute Gasteiger partial charge is 0.254 e. The molecule has 7 heteroatoms. The fourth-order valence-corrected chi connectivity index (χ4v) is 2.87. The second-order valence-corrected chi connectivity index (χ2v) is 6.45. The predicted molar refractivity (Wildman–Crippen MR) is 105 cm³/mol. The summed E-state index contributed by atoms with van der Waals surface area (Å²) in [6, 6.07) is 13.5. The zero-order valence-electron chi connectivity index (χ0n) is 15.4. The highest BCUT2D eigenvalue weighted by Gasteiger charge is 2.12. The Morgan fingerprint density at radius 3 is 2.61 bits per heavy atom. The van der Waals surface area contributed by atoms with Crippen LogP contribution >= 0.6 is 0 Å². The van der Waals surface area contributed by atoms with Crippen LogP contribution in [0.15, 0.2) is 54.9 Å². The Kier molecular flexibility index (Phi) is 5.05. The van der Waals surface area contributed by atoms with E-state index in [-0.39, 0.29) is 5.91 Å². The van der Waals surface area contributed by atoms with Crippen molar-refractivity contribution in [3.63, 3.8) is 0 Å². The number of anilines is 2. The number of aromatic nitrogens is 2. The predicted octanol–water partition coefficient (Wildman–Crippen LogP) is 3.23. The van der Waals surface area contributed by atoms with Crippen LogP contribution in [-0.2, 0) is 6.54 Å². The second kappa shape index (κ2) is 7.96. The lowest BCUT2D eigenvalue weighted by molar-refractivity contribution is 0.0950. The molecule has 0 fully saturated rings. The molecule has 1 amide bonds. The average molecular weight is 376 g/mol. The van der Waals surface area contributed by atoms with Gasteiger partial charge in [0.1, 0.15) is 13.2 Å². The maximum absolute atomic E-state index is 12.3. The molecule has 7 nitrogen and oxygen atoms in total. The lowest BCUT2D eigenvalue weighted by Crippen LogP contribution is -2.23. The molecule has 0 atom stereocenters. The number of ether oxygens (including phenoxy) is 2. The van der Waals surface area contributed by atoms with Gasteiger partial charge in [-0.05, 0) is 24.6 Å². The van der Waals surface area contributed by atoms with Crippen molar-refractivity contribution in [3.8, 4) is 11.5 Å². The number of nitrogens with one attached hydrogen (secondary N) is 2. The summed E-state index contributed by atoms with van der Waals surface area (Å²) < 4.78 is 11.1. The van der Waals surface area contributed by atoms with Gasteiger partial charge in [0, 0.05) is 30.7 Å². The third-order valence-electron chi connectivity index (χ3n) is 4.25. The van der Waals surface area contributed by atoms with Crippen LogP contribution in [0.3, 0.4) is 0 Å². The van der Waals surface area contributed by atoms with Gasteiger partial charge in [-0.1, -0.05) is 29.8 Å². The zero-order valence-corrected chi connectivity index (χ0v) is 15.4. The highest BCUT2D eigenvalue weighted by molar-refractivity contribution is 5.93. The van der Waals surface area contributed by atoms with E-state index in [1.54, 1.807) is 0 Å². The fourth-order valence-electron chi connectivity index (χ4n) is 2.87. The van der Waals surface area contributed by atoms with Gasteiger partial charge in [-0.25, -0.2) is 9.97 Å². The number of benzene rings is 2. The van der Waals surface area contributed by atoms with Gasteiger partial charge in [-0.15, -0.1) is 0 Å². The Hall–Kier alpha value is -3.61. The molecule has 2 N–H and O–H groups in total. The largest absolute Gasteiger partial charge is 0.486 e. The van der Waals surface area contributed by atoms with E-state index in [4.69, 9.17) is 9.47 Å². The van der Waals surface area contributed by atoms with Crippen molar-refractivity contribution in [2.45, 2.75) is 13.5 Å². The van der Waals surface area contributed by atoms with Crippen molar-refractivity contribution in [2.24, 2.45) is 0 Å². The molecule has 0 radical (unpaired) electrons. The summed E-state index contributed by atoms with van der Waals surface area (Å²) in [5.41, 5.74) is 3.39. The van der Waals surface area contributed by atoms with Gasteiger partial charge in [0.05, 0.1) is 5.56 Å². The molecule has 0 saturated carbocycles. The number of carbonyl (C=O) groups excluding carboxylic acids is 1. The standard InChI is InChI=1S/C21H20N4O3/c1-14-3-2-4-15(9-14)11-22-20(26)16-12-23-21(24-13-16)25-17-5-6-18-19(10-17)28-8-7-27-18/h2-6,9-10,12-13H,7-8,11H2,1H3,(H,22,26)(H,23,24,25). The Morgan fingerprint density at radius 2 is 1.82 bits per heavy atom. The first-order chi connectivity index (χ1) is 13.7. The molecule has 2 aromatic carbocycles. The van der Waals surface area contributed by atoms with Crippen molar-refractivity contribution in [3.05, 3.63) is 71.5 Å². The average Bonchev–Trinajstić information content (AvgIpc) is 2.72. The molecule has 3 aromatic rings. The van der Waals surface area contributed by atoms with E-state index in [1.807, 2.05) is 49.4 Å². The van der Waals surface area contributed by atoms with E-state index < -0.39 is 0 Å². The van der Waals surface area contributed by atoms with E-state index in [1.165, 1.54) is 12.4 Å². The molecule has 0 bridgehead atoms. The monoisotopic (exact) mass is 376 g/mol. The third kappa shape index (κ3) is 4.20. The van der Waals surface area contributed by atoms with Crippen LogP contribution in [0.1, 0.15) is 21.5 Å². The minimum atomic E-state index is -0.215. The van der Waals surface area contributed by atoms with Crippen LogP contribution in [0.25, 0.3) is 0 Å². The number of hydrogen-bond acceptors (Lipinski definition) is 6. The van der Waals surface area contributed by atoms with E-state index in [2.05, 4.69) is 20.6 Å².